The molecule has 0 saturated heterocycles. The quantitative estimate of drug-likeness (QED) is 0.286. The topological polar surface area (TPSA) is 85.5 Å². The summed E-state index contributed by atoms with van der Waals surface area (Å²) in [6.07, 6.45) is 0.695. The molecule has 0 radical (unpaired) electrons. The molecule has 3 aromatic carbocycles. The van der Waals surface area contributed by atoms with Gasteiger partial charge in [0.2, 0.25) is 10.9 Å². The molecule has 184 valence electrons. The van der Waals surface area contributed by atoms with E-state index in [0.717, 1.165) is 21.7 Å². The highest BCUT2D eigenvalue weighted by atomic mass is 32.1. The van der Waals surface area contributed by atoms with Crippen LogP contribution >= 0.6 is 11.3 Å². The molecule has 0 fully saturated rings. The lowest BCUT2D eigenvalue weighted by molar-refractivity contribution is 0.0970. The van der Waals surface area contributed by atoms with Gasteiger partial charge in [0.1, 0.15) is 22.9 Å². The van der Waals surface area contributed by atoms with Crippen LogP contribution in [0.3, 0.4) is 0 Å². The summed E-state index contributed by atoms with van der Waals surface area (Å²) in [7, 11) is 0. The predicted octanol–water partition coefficient (Wildman–Crippen LogP) is 5.84. The molecule has 7 nitrogen and oxygen atoms in total. The van der Waals surface area contributed by atoms with Crippen LogP contribution in [0.2, 0.25) is 0 Å². The number of carbonyl (C=O) groups excluding carboxylic acids is 1. The molecule has 2 aromatic heterocycles. The Balaban J connectivity index is 1.49. The Morgan fingerprint density at radius 2 is 1.84 bits per heavy atom. The smallest absolute Gasteiger partial charge is 0.297 e. The maximum atomic E-state index is 13.8. The van der Waals surface area contributed by atoms with E-state index >= 15 is 0 Å². The molecule has 0 N–H and O–H groups in total. The number of hydrogen-bond donors (Lipinski definition) is 0. The van der Waals surface area contributed by atoms with E-state index in [2.05, 4.69) is 10.2 Å². The molecule has 8 heteroatoms. The van der Waals surface area contributed by atoms with E-state index in [1.165, 1.54) is 16.2 Å². The van der Waals surface area contributed by atoms with Crippen LogP contribution in [-0.4, -0.2) is 16.1 Å². The zero-order valence-corrected chi connectivity index (χ0v) is 21.1. The zero-order chi connectivity index (χ0) is 25.5. The Morgan fingerprint density at radius 3 is 2.62 bits per heavy atom. The number of rotatable bonds is 6. The minimum Gasteiger partial charge on any atom is -0.489 e. The van der Waals surface area contributed by atoms with Gasteiger partial charge < -0.3 is 9.15 Å². The van der Waals surface area contributed by atoms with Crippen molar-refractivity contribution in [1.29, 1.82) is 0 Å². The average Bonchev–Trinajstić information content (AvgIpc) is 3.51. The van der Waals surface area contributed by atoms with Crippen LogP contribution in [0.4, 0.5) is 5.13 Å². The van der Waals surface area contributed by atoms with Crippen molar-refractivity contribution in [2.24, 2.45) is 0 Å². The number of ether oxygens (including phenoxy) is 1. The van der Waals surface area contributed by atoms with Gasteiger partial charge in [0.05, 0.1) is 17.0 Å². The monoisotopic (exact) mass is 509 g/mol. The summed E-state index contributed by atoms with van der Waals surface area (Å²) >= 11 is 1.34. The minimum atomic E-state index is -0.721. The van der Waals surface area contributed by atoms with Crippen LogP contribution in [0.5, 0.6) is 5.75 Å². The highest BCUT2D eigenvalue weighted by Crippen LogP contribution is 2.42. The molecule has 1 aliphatic rings. The average molecular weight is 510 g/mol. The van der Waals surface area contributed by atoms with E-state index < -0.39 is 11.9 Å². The molecule has 0 aliphatic carbocycles. The lowest BCUT2D eigenvalue weighted by Crippen LogP contribution is -2.29. The molecular weight excluding hydrogens is 486 g/mol. The Hall–Kier alpha value is -4.30. The van der Waals surface area contributed by atoms with Crippen LogP contribution in [0, 0.1) is 6.92 Å². The van der Waals surface area contributed by atoms with Gasteiger partial charge in [-0.05, 0) is 48.7 Å². The van der Waals surface area contributed by atoms with Crippen LogP contribution in [0.1, 0.15) is 50.8 Å². The van der Waals surface area contributed by atoms with Gasteiger partial charge in [0.25, 0.3) is 5.91 Å². The highest BCUT2D eigenvalue weighted by Gasteiger charge is 2.45. The predicted molar refractivity (Wildman–Crippen MR) is 142 cm³/mol. The molecule has 37 heavy (non-hydrogen) atoms. The summed E-state index contributed by atoms with van der Waals surface area (Å²) in [6.45, 7) is 4.30. The molecule has 1 unspecified atom stereocenters. The molecular formula is C29H23N3O4S. The number of aromatic nitrogens is 2. The SMILES string of the molecule is CCc1nnc(N2C(=O)c3oc4ccc(C)cc4c(=O)c3C2c2cccc(OCc3ccccc3)c2)s1. The van der Waals surface area contributed by atoms with Gasteiger partial charge in [-0.2, -0.15) is 0 Å². The second kappa shape index (κ2) is 9.29. The van der Waals surface area contributed by atoms with Crippen molar-refractivity contribution in [3.05, 3.63) is 116 Å². The third-order valence-corrected chi connectivity index (χ3v) is 7.48. The summed E-state index contributed by atoms with van der Waals surface area (Å²) in [6, 6.07) is 22.0. The summed E-state index contributed by atoms with van der Waals surface area (Å²) in [5.74, 6) is 0.263. The van der Waals surface area contributed by atoms with Gasteiger partial charge in [0, 0.05) is 0 Å². The van der Waals surface area contributed by atoms with E-state index in [1.54, 1.807) is 12.1 Å². The van der Waals surface area contributed by atoms with Crippen LogP contribution in [0.15, 0.2) is 82.0 Å². The van der Waals surface area contributed by atoms with Crippen molar-refractivity contribution in [1.82, 2.24) is 10.2 Å². The molecule has 1 atom stereocenters. The summed E-state index contributed by atoms with van der Waals surface area (Å²) < 4.78 is 12.1. The van der Waals surface area contributed by atoms with E-state index in [0.29, 0.717) is 40.4 Å². The van der Waals surface area contributed by atoms with Crippen LogP contribution < -0.4 is 15.1 Å². The first kappa shape index (κ1) is 23.1. The number of amides is 1. The fourth-order valence-electron chi connectivity index (χ4n) is 4.60. The number of benzene rings is 3. The number of aryl methyl sites for hydroxylation is 2. The third-order valence-electron chi connectivity index (χ3n) is 6.41. The van der Waals surface area contributed by atoms with Gasteiger partial charge in [-0.1, -0.05) is 72.4 Å². The molecule has 0 bridgehead atoms. The maximum absolute atomic E-state index is 13.8. The normalized spacial score (nSPS) is 14.8. The Labute approximate surface area is 217 Å². The van der Waals surface area contributed by atoms with Gasteiger partial charge in [-0.25, -0.2) is 0 Å². The maximum Gasteiger partial charge on any atom is 0.297 e. The Bertz CT molecular complexity index is 1690. The number of fused-ring (bicyclic) bond motifs is 2. The molecule has 0 saturated carbocycles. The number of anilines is 1. The molecule has 0 spiro atoms. The molecule has 3 heterocycles. The number of nitrogens with zero attached hydrogens (tertiary/aromatic N) is 3. The Morgan fingerprint density at radius 1 is 1.00 bits per heavy atom. The minimum absolute atomic E-state index is 0.0372. The van der Waals surface area contributed by atoms with Crippen LogP contribution in [-0.2, 0) is 13.0 Å². The molecule has 1 aliphatic heterocycles. The van der Waals surface area contributed by atoms with Crippen molar-refractivity contribution in [2.45, 2.75) is 32.9 Å². The number of hydrogen-bond acceptors (Lipinski definition) is 7. The Kier molecular flexibility index (Phi) is 5.81. The fraction of sp³-hybridized carbons (Fsp3) is 0.172. The third kappa shape index (κ3) is 4.09. The van der Waals surface area contributed by atoms with Gasteiger partial charge in [-0.3, -0.25) is 14.5 Å². The fourth-order valence-corrected chi connectivity index (χ4v) is 5.40. The lowest BCUT2D eigenvalue weighted by atomic mass is 9.98. The van der Waals surface area contributed by atoms with E-state index in [9.17, 15) is 9.59 Å². The second-order valence-corrected chi connectivity index (χ2v) is 9.97. The lowest BCUT2D eigenvalue weighted by Gasteiger charge is -2.22. The largest absolute Gasteiger partial charge is 0.489 e. The van der Waals surface area contributed by atoms with Gasteiger partial charge in [-0.15, -0.1) is 10.2 Å². The van der Waals surface area contributed by atoms with Gasteiger partial charge >= 0.3 is 0 Å². The van der Waals surface area contributed by atoms with E-state index in [-0.39, 0.29) is 11.2 Å². The summed E-state index contributed by atoms with van der Waals surface area (Å²) in [5.41, 5.74) is 3.16. The summed E-state index contributed by atoms with van der Waals surface area (Å²) in [5, 5.41) is 10.2. The zero-order valence-electron chi connectivity index (χ0n) is 20.3. The standard InChI is InChI=1S/C29H23N3O4S/c1-3-23-30-31-29(37-23)32-25(19-10-7-11-20(15-19)35-16-18-8-5-4-6-9-18)24-26(33)21-14-17(2)12-13-22(21)36-27(24)28(32)34/h4-15,25H,3,16H2,1-2H3. The first-order valence-corrected chi connectivity index (χ1v) is 12.8. The van der Waals surface area contributed by atoms with Crippen molar-refractivity contribution < 1.29 is 13.9 Å². The van der Waals surface area contributed by atoms with E-state index in [1.807, 2.05) is 74.5 Å². The van der Waals surface area contributed by atoms with Crippen molar-refractivity contribution >= 4 is 33.3 Å². The number of carbonyl (C=O) groups is 1. The first-order valence-electron chi connectivity index (χ1n) is 12.0. The van der Waals surface area contributed by atoms with Crippen molar-refractivity contribution in [2.75, 3.05) is 4.90 Å². The summed E-state index contributed by atoms with van der Waals surface area (Å²) in [4.78, 5) is 29.1. The van der Waals surface area contributed by atoms with Crippen molar-refractivity contribution in [3.63, 3.8) is 0 Å². The second-order valence-electron chi connectivity index (χ2n) is 8.93. The molecule has 5 aromatic rings. The van der Waals surface area contributed by atoms with E-state index in [4.69, 9.17) is 9.15 Å². The molecule has 1 amide bonds. The van der Waals surface area contributed by atoms with Crippen molar-refractivity contribution in [3.8, 4) is 5.75 Å². The highest BCUT2D eigenvalue weighted by molar-refractivity contribution is 7.15. The van der Waals surface area contributed by atoms with Gasteiger partial charge in [0.15, 0.2) is 5.43 Å². The van der Waals surface area contributed by atoms with Crippen LogP contribution in [0.25, 0.3) is 11.0 Å². The first-order chi connectivity index (χ1) is 18.0. The molecule has 6 rings (SSSR count).